The molecule has 3 fully saturated rings. The lowest BCUT2D eigenvalue weighted by atomic mass is 9.55. The number of carbonyl (C=O) groups excluding carboxylic acids is 3. The van der Waals surface area contributed by atoms with E-state index in [4.69, 9.17) is 9.47 Å². The molecule has 1 aromatic rings. The fourth-order valence-electron chi connectivity index (χ4n) is 7.38. The maximum atomic E-state index is 13.5. The van der Waals surface area contributed by atoms with Crippen LogP contribution >= 0.6 is 0 Å². The van der Waals surface area contributed by atoms with E-state index in [-0.39, 0.29) is 35.8 Å². The molecule has 38 heavy (non-hydrogen) atoms. The minimum absolute atomic E-state index is 0.0418. The van der Waals surface area contributed by atoms with E-state index >= 15 is 0 Å². The minimum Gasteiger partial charge on any atom is -0.457 e. The van der Waals surface area contributed by atoms with Crippen LogP contribution < -0.4 is 10.6 Å². The predicted octanol–water partition coefficient (Wildman–Crippen LogP) is 3.63. The van der Waals surface area contributed by atoms with Crippen molar-refractivity contribution in [2.75, 3.05) is 26.2 Å². The van der Waals surface area contributed by atoms with Gasteiger partial charge in [0.25, 0.3) is 0 Å². The highest BCUT2D eigenvalue weighted by atomic mass is 16.6. The number of nitrogens with one attached hydrogen (secondary N) is 2. The molecule has 8 nitrogen and oxygen atoms in total. The van der Waals surface area contributed by atoms with Crippen LogP contribution in [0.25, 0.3) is 0 Å². The molecule has 2 amide bonds. The first-order valence-corrected chi connectivity index (χ1v) is 14.2. The Morgan fingerprint density at radius 2 is 1.84 bits per heavy atom. The van der Waals surface area contributed by atoms with Gasteiger partial charge in [0.1, 0.15) is 11.2 Å². The molecular formula is C30H43N3O5. The number of hydrogen-bond donors (Lipinski definition) is 2. The van der Waals surface area contributed by atoms with E-state index in [1.807, 2.05) is 20.8 Å². The van der Waals surface area contributed by atoms with Crippen molar-refractivity contribution in [3.05, 3.63) is 34.9 Å². The molecule has 2 saturated carbocycles. The zero-order valence-electron chi connectivity index (χ0n) is 23.5. The number of rotatable bonds is 7. The van der Waals surface area contributed by atoms with Crippen molar-refractivity contribution in [2.45, 2.75) is 95.8 Å². The Morgan fingerprint density at radius 3 is 2.53 bits per heavy atom. The summed E-state index contributed by atoms with van der Waals surface area (Å²) in [6.45, 7) is 11.7. The van der Waals surface area contributed by atoms with E-state index in [2.05, 4.69) is 40.7 Å². The zero-order valence-corrected chi connectivity index (χ0v) is 23.5. The second-order valence-electron chi connectivity index (χ2n) is 13.0. The maximum Gasteiger partial charge on any atom is 0.407 e. The zero-order chi connectivity index (χ0) is 27.3. The van der Waals surface area contributed by atoms with Crippen molar-refractivity contribution in [2.24, 2.45) is 11.8 Å². The summed E-state index contributed by atoms with van der Waals surface area (Å²) in [5.41, 5.74) is 2.12. The highest BCUT2D eigenvalue weighted by Crippen LogP contribution is 2.63. The van der Waals surface area contributed by atoms with Gasteiger partial charge in [-0.3, -0.25) is 14.5 Å². The van der Waals surface area contributed by atoms with Crippen LogP contribution in [-0.4, -0.2) is 66.3 Å². The molecule has 8 heteroatoms. The second kappa shape index (κ2) is 9.85. The topological polar surface area (TPSA) is 97.0 Å². The summed E-state index contributed by atoms with van der Waals surface area (Å²) in [7, 11) is 0. The summed E-state index contributed by atoms with van der Waals surface area (Å²) >= 11 is 0. The molecule has 2 bridgehead atoms. The van der Waals surface area contributed by atoms with Gasteiger partial charge in [0.15, 0.2) is 0 Å². The van der Waals surface area contributed by atoms with E-state index in [1.165, 1.54) is 36.5 Å². The Kier molecular flexibility index (Phi) is 6.99. The largest absolute Gasteiger partial charge is 0.457 e. The van der Waals surface area contributed by atoms with E-state index in [9.17, 15) is 14.4 Å². The number of hydrogen-bond acceptors (Lipinski definition) is 6. The molecule has 1 aromatic carbocycles. The Hall–Kier alpha value is -2.61. The Bertz CT molecular complexity index is 1110. The number of esters is 1. The van der Waals surface area contributed by atoms with Crippen molar-refractivity contribution >= 4 is 18.0 Å². The van der Waals surface area contributed by atoms with Gasteiger partial charge in [-0.25, -0.2) is 4.79 Å². The first kappa shape index (κ1) is 27.0. The molecule has 3 aliphatic carbocycles. The molecular weight excluding hydrogens is 482 g/mol. The number of ether oxygens (including phenoxy) is 2. The van der Waals surface area contributed by atoms with E-state index in [0.717, 1.165) is 31.8 Å². The number of fused-ring (bicyclic) bond motifs is 1. The number of benzene rings is 1. The highest BCUT2D eigenvalue weighted by Gasteiger charge is 2.70. The molecule has 208 valence electrons. The van der Waals surface area contributed by atoms with Crippen molar-refractivity contribution in [3.8, 4) is 0 Å². The van der Waals surface area contributed by atoms with Gasteiger partial charge in [0, 0.05) is 44.3 Å². The molecule has 0 spiro atoms. The van der Waals surface area contributed by atoms with Crippen LogP contribution in [0.3, 0.4) is 0 Å². The fraction of sp³-hybridized carbons (Fsp3) is 0.700. The normalized spacial score (nSPS) is 30.1. The quantitative estimate of drug-likeness (QED) is 0.417. The molecule has 0 aromatic heterocycles. The number of carbonyl (C=O) groups is 3. The van der Waals surface area contributed by atoms with Crippen LogP contribution in [0, 0.1) is 18.8 Å². The fourth-order valence-corrected chi connectivity index (χ4v) is 7.38. The first-order chi connectivity index (χ1) is 17.9. The van der Waals surface area contributed by atoms with Gasteiger partial charge in [0.05, 0.1) is 6.04 Å². The van der Waals surface area contributed by atoms with Crippen LogP contribution in [0.15, 0.2) is 18.2 Å². The average Bonchev–Trinajstić information content (AvgIpc) is 3.55. The van der Waals surface area contributed by atoms with Crippen LogP contribution in [0.4, 0.5) is 4.79 Å². The smallest absolute Gasteiger partial charge is 0.407 e. The summed E-state index contributed by atoms with van der Waals surface area (Å²) < 4.78 is 11.7. The summed E-state index contributed by atoms with van der Waals surface area (Å²) in [6, 6.07) is 6.76. The number of amides is 2. The summed E-state index contributed by atoms with van der Waals surface area (Å²) in [4.78, 5) is 40.7. The molecule has 2 N–H and O–H groups in total. The molecule has 1 aliphatic heterocycles. The highest BCUT2D eigenvalue weighted by molar-refractivity contribution is 5.80. The van der Waals surface area contributed by atoms with E-state index < -0.39 is 17.3 Å². The first-order valence-electron chi connectivity index (χ1n) is 14.2. The van der Waals surface area contributed by atoms with Crippen LogP contribution in [-0.2, 0) is 30.9 Å². The third kappa shape index (κ3) is 5.04. The summed E-state index contributed by atoms with van der Waals surface area (Å²) in [5.74, 6) is 0.145. The SMILES string of the molecule is CC(=O)O[C@@]12CC(C(=O)NCCNC(=O)OC(C)(C)C)C[C@@]13CCN(CC1CC1)[C@@H]2Cc1ccc(C)cc13. The number of nitrogens with zero attached hydrogens (tertiary/aromatic N) is 1. The molecule has 1 saturated heterocycles. The molecule has 5 rings (SSSR count). The van der Waals surface area contributed by atoms with Crippen LogP contribution in [0.5, 0.6) is 0 Å². The van der Waals surface area contributed by atoms with Crippen LogP contribution in [0.1, 0.15) is 76.5 Å². The number of likely N-dealkylation sites (tertiary alicyclic amines) is 1. The summed E-state index contributed by atoms with van der Waals surface area (Å²) in [5, 5.41) is 5.73. The number of alkyl carbamates (subject to hydrolysis) is 1. The predicted molar refractivity (Wildman–Crippen MR) is 144 cm³/mol. The van der Waals surface area contributed by atoms with Gasteiger partial charge in [-0.1, -0.05) is 23.8 Å². The van der Waals surface area contributed by atoms with Gasteiger partial charge in [0.2, 0.25) is 5.91 Å². The van der Waals surface area contributed by atoms with Crippen molar-refractivity contribution in [3.63, 3.8) is 0 Å². The summed E-state index contributed by atoms with van der Waals surface area (Å²) in [6.07, 6.45) is 4.95. The Labute approximate surface area is 226 Å². The van der Waals surface area contributed by atoms with Gasteiger partial charge in [-0.2, -0.15) is 0 Å². The van der Waals surface area contributed by atoms with Crippen molar-refractivity contribution in [1.82, 2.24) is 15.5 Å². The minimum atomic E-state index is -0.719. The van der Waals surface area contributed by atoms with Gasteiger partial charge in [-0.05, 0) is 83.4 Å². The van der Waals surface area contributed by atoms with E-state index in [1.54, 1.807) is 0 Å². The van der Waals surface area contributed by atoms with Gasteiger partial charge in [-0.15, -0.1) is 0 Å². The molecule has 4 atom stereocenters. The standard InChI is InChI=1S/C30H43N3O5/c1-19-6-9-22-15-25-30(37-20(2)34)17-23(26(35)31-11-12-32-27(36)38-28(3,4)5)16-29(30,24(22)14-19)10-13-33(25)18-21-7-8-21/h6,9,14,21,23,25H,7-8,10-13,15-18H2,1-5H3,(H,31,35)(H,32,36)/t23?,25-,29-,30-/m1/s1. The maximum absolute atomic E-state index is 13.5. The van der Waals surface area contributed by atoms with Crippen molar-refractivity contribution in [1.29, 1.82) is 0 Å². The van der Waals surface area contributed by atoms with Gasteiger partial charge >= 0.3 is 12.1 Å². The third-order valence-electron chi connectivity index (χ3n) is 8.93. The van der Waals surface area contributed by atoms with Crippen molar-refractivity contribution < 1.29 is 23.9 Å². The lowest BCUT2D eigenvalue weighted by Gasteiger charge is -2.60. The average molecular weight is 526 g/mol. The lowest BCUT2D eigenvalue weighted by Crippen LogP contribution is -2.70. The van der Waals surface area contributed by atoms with Crippen LogP contribution in [0.2, 0.25) is 0 Å². The second-order valence-corrected chi connectivity index (χ2v) is 13.0. The Morgan fingerprint density at radius 1 is 1.11 bits per heavy atom. The molecule has 0 radical (unpaired) electrons. The molecule has 1 heterocycles. The Balaban J connectivity index is 1.38. The molecule has 4 aliphatic rings. The third-order valence-corrected chi connectivity index (χ3v) is 8.93. The number of piperidine rings is 1. The monoisotopic (exact) mass is 525 g/mol. The van der Waals surface area contributed by atoms with Gasteiger partial charge < -0.3 is 20.1 Å². The molecule has 1 unspecified atom stereocenters. The van der Waals surface area contributed by atoms with E-state index in [0.29, 0.717) is 19.4 Å². The lowest BCUT2D eigenvalue weighted by molar-refractivity contribution is -0.189. The number of aryl methyl sites for hydroxylation is 1.